The lowest BCUT2D eigenvalue weighted by atomic mass is 10.2. The molecular formula is C16H19N3O. The SMILES string of the molecule is Cc1cnn(C[C@@H](C)NCc2cc3ccccc3o2)c1. The van der Waals surface area contributed by atoms with Gasteiger partial charge in [-0.15, -0.1) is 0 Å². The van der Waals surface area contributed by atoms with Gasteiger partial charge in [-0.25, -0.2) is 0 Å². The Balaban J connectivity index is 1.58. The zero-order chi connectivity index (χ0) is 13.9. The quantitative estimate of drug-likeness (QED) is 0.774. The summed E-state index contributed by atoms with van der Waals surface area (Å²) in [4.78, 5) is 0. The van der Waals surface area contributed by atoms with Gasteiger partial charge in [-0.2, -0.15) is 5.10 Å². The summed E-state index contributed by atoms with van der Waals surface area (Å²) >= 11 is 0. The van der Waals surface area contributed by atoms with Crippen molar-refractivity contribution >= 4 is 11.0 Å². The number of rotatable bonds is 5. The molecule has 4 heteroatoms. The molecule has 3 rings (SSSR count). The third kappa shape index (κ3) is 2.91. The van der Waals surface area contributed by atoms with Crippen molar-refractivity contribution in [1.82, 2.24) is 15.1 Å². The molecule has 0 bridgehead atoms. The number of nitrogens with zero attached hydrogens (tertiary/aromatic N) is 2. The van der Waals surface area contributed by atoms with Gasteiger partial charge in [0.15, 0.2) is 0 Å². The van der Waals surface area contributed by atoms with E-state index in [0.717, 1.165) is 29.8 Å². The van der Waals surface area contributed by atoms with Crippen LogP contribution in [0, 0.1) is 6.92 Å². The molecule has 0 aliphatic rings. The minimum Gasteiger partial charge on any atom is -0.460 e. The van der Waals surface area contributed by atoms with E-state index in [1.807, 2.05) is 29.1 Å². The summed E-state index contributed by atoms with van der Waals surface area (Å²) in [6.07, 6.45) is 3.94. The highest BCUT2D eigenvalue weighted by atomic mass is 16.3. The molecule has 1 atom stereocenters. The van der Waals surface area contributed by atoms with Crippen molar-refractivity contribution in [3.63, 3.8) is 0 Å². The Morgan fingerprint density at radius 1 is 1.35 bits per heavy atom. The first-order valence-corrected chi connectivity index (χ1v) is 6.90. The van der Waals surface area contributed by atoms with Gasteiger partial charge in [-0.1, -0.05) is 18.2 Å². The van der Waals surface area contributed by atoms with Gasteiger partial charge in [0.2, 0.25) is 0 Å². The number of nitrogens with one attached hydrogen (secondary N) is 1. The van der Waals surface area contributed by atoms with Gasteiger partial charge in [0.25, 0.3) is 0 Å². The number of fused-ring (bicyclic) bond motifs is 1. The predicted molar refractivity (Wildman–Crippen MR) is 79.5 cm³/mol. The van der Waals surface area contributed by atoms with Gasteiger partial charge >= 0.3 is 0 Å². The first-order valence-electron chi connectivity index (χ1n) is 6.90. The van der Waals surface area contributed by atoms with E-state index in [-0.39, 0.29) is 0 Å². The Morgan fingerprint density at radius 3 is 2.95 bits per heavy atom. The molecule has 0 spiro atoms. The Morgan fingerprint density at radius 2 is 2.20 bits per heavy atom. The van der Waals surface area contributed by atoms with Crippen LogP contribution in [-0.4, -0.2) is 15.8 Å². The summed E-state index contributed by atoms with van der Waals surface area (Å²) in [5.74, 6) is 0.967. The minimum absolute atomic E-state index is 0.336. The molecule has 0 saturated carbocycles. The maximum absolute atomic E-state index is 5.79. The lowest BCUT2D eigenvalue weighted by Crippen LogP contribution is -2.29. The molecule has 2 aromatic heterocycles. The first-order chi connectivity index (χ1) is 9.70. The normalized spacial score (nSPS) is 12.9. The Kier molecular flexibility index (Phi) is 3.56. The average molecular weight is 269 g/mol. The molecule has 1 N–H and O–H groups in total. The smallest absolute Gasteiger partial charge is 0.134 e. The molecule has 104 valence electrons. The van der Waals surface area contributed by atoms with E-state index in [4.69, 9.17) is 4.42 Å². The second kappa shape index (κ2) is 5.51. The van der Waals surface area contributed by atoms with Gasteiger partial charge in [0.05, 0.1) is 19.3 Å². The van der Waals surface area contributed by atoms with Gasteiger partial charge in [-0.3, -0.25) is 4.68 Å². The van der Waals surface area contributed by atoms with Crippen LogP contribution in [0.5, 0.6) is 0 Å². The van der Waals surface area contributed by atoms with E-state index < -0.39 is 0 Å². The molecule has 4 nitrogen and oxygen atoms in total. The third-order valence-electron chi connectivity index (χ3n) is 3.32. The molecule has 0 aliphatic carbocycles. The number of hydrogen-bond donors (Lipinski definition) is 1. The highest BCUT2D eigenvalue weighted by molar-refractivity contribution is 5.77. The summed E-state index contributed by atoms with van der Waals surface area (Å²) in [6.45, 7) is 5.79. The molecule has 0 amide bonds. The van der Waals surface area contributed by atoms with Crippen molar-refractivity contribution in [2.75, 3.05) is 0 Å². The maximum atomic E-state index is 5.79. The van der Waals surface area contributed by atoms with E-state index in [1.54, 1.807) is 0 Å². The summed E-state index contributed by atoms with van der Waals surface area (Å²) < 4.78 is 7.75. The fraction of sp³-hybridized carbons (Fsp3) is 0.312. The average Bonchev–Trinajstić information content (AvgIpc) is 3.02. The fourth-order valence-electron chi connectivity index (χ4n) is 2.31. The van der Waals surface area contributed by atoms with Crippen LogP contribution in [0.1, 0.15) is 18.2 Å². The standard InChI is InChI=1S/C16H19N3O/c1-12-8-18-19(10-12)11-13(2)17-9-15-7-14-5-3-4-6-16(14)20-15/h3-8,10,13,17H,9,11H2,1-2H3/t13-/m1/s1. The third-order valence-corrected chi connectivity index (χ3v) is 3.32. The molecule has 0 unspecified atom stereocenters. The van der Waals surface area contributed by atoms with E-state index in [9.17, 15) is 0 Å². The Hall–Kier alpha value is -2.07. The monoisotopic (exact) mass is 269 g/mol. The zero-order valence-electron chi connectivity index (χ0n) is 11.8. The summed E-state index contributed by atoms with van der Waals surface area (Å²) in [5.41, 5.74) is 2.13. The minimum atomic E-state index is 0.336. The highest BCUT2D eigenvalue weighted by Crippen LogP contribution is 2.18. The lowest BCUT2D eigenvalue weighted by molar-refractivity contribution is 0.423. The molecule has 0 aliphatic heterocycles. The fourth-order valence-corrected chi connectivity index (χ4v) is 2.31. The molecule has 0 saturated heterocycles. The van der Waals surface area contributed by atoms with Crippen LogP contribution in [0.15, 0.2) is 47.1 Å². The van der Waals surface area contributed by atoms with Crippen LogP contribution in [0.4, 0.5) is 0 Å². The van der Waals surface area contributed by atoms with Crippen molar-refractivity contribution in [3.8, 4) is 0 Å². The summed E-state index contributed by atoms with van der Waals surface area (Å²) in [5, 5.41) is 8.91. The van der Waals surface area contributed by atoms with Gasteiger partial charge in [-0.05, 0) is 31.5 Å². The van der Waals surface area contributed by atoms with Crippen molar-refractivity contribution in [1.29, 1.82) is 0 Å². The highest BCUT2D eigenvalue weighted by Gasteiger charge is 2.07. The Bertz CT molecular complexity index is 665. The first kappa shape index (κ1) is 12.9. The van der Waals surface area contributed by atoms with Gasteiger partial charge < -0.3 is 9.73 Å². The number of hydrogen-bond acceptors (Lipinski definition) is 3. The van der Waals surface area contributed by atoms with E-state index in [0.29, 0.717) is 6.04 Å². The van der Waals surface area contributed by atoms with Crippen LogP contribution >= 0.6 is 0 Å². The van der Waals surface area contributed by atoms with Crippen LogP contribution in [0.25, 0.3) is 11.0 Å². The Labute approximate surface area is 118 Å². The number of benzene rings is 1. The van der Waals surface area contributed by atoms with E-state index in [2.05, 4.69) is 42.6 Å². The number of aryl methyl sites for hydroxylation is 1. The maximum Gasteiger partial charge on any atom is 0.134 e. The van der Waals surface area contributed by atoms with Crippen molar-refractivity contribution in [2.24, 2.45) is 0 Å². The molecule has 0 radical (unpaired) electrons. The molecule has 3 aromatic rings. The summed E-state index contributed by atoms with van der Waals surface area (Å²) in [6, 6.07) is 10.5. The number of furan rings is 1. The molecular weight excluding hydrogens is 250 g/mol. The van der Waals surface area contributed by atoms with Crippen LogP contribution in [0.2, 0.25) is 0 Å². The molecule has 20 heavy (non-hydrogen) atoms. The topological polar surface area (TPSA) is 43.0 Å². The van der Waals surface area contributed by atoms with E-state index >= 15 is 0 Å². The van der Waals surface area contributed by atoms with Crippen molar-refractivity contribution < 1.29 is 4.42 Å². The predicted octanol–water partition coefficient (Wildman–Crippen LogP) is 3.12. The molecule has 0 fully saturated rings. The van der Waals surface area contributed by atoms with Gasteiger partial charge in [0.1, 0.15) is 11.3 Å². The second-order valence-corrected chi connectivity index (χ2v) is 5.27. The van der Waals surface area contributed by atoms with Crippen molar-refractivity contribution in [3.05, 3.63) is 54.0 Å². The number of para-hydroxylation sites is 1. The largest absolute Gasteiger partial charge is 0.460 e. The van der Waals surface area contributed by atoms with Crippen LogP contribution in [0.3, 0.4) is 0 Å². The summed E-state index contributed by atoms with van der Waals surface area (Å²) in [7, 11) is 0. The van der Waals surface area contributed by atoms with Crippen LogP contribution < -0.4 is 5.32 Å². The van der Waals surface area contributed by atoms with Crippen LogP contribution in [-0.2, 0) is 13.1 Å². The van der Waals surface area contributed by atoms with Crippen molar-refractivity contribution in [2.45, 2.75) is 33.0 Å². The van der Waals surface area contributed by atoms with Gasteiger partial charge in [0, 0.05) is 17.6 Å². The second-order valence-electron chi connectivity index (χ2n) is 5.27. The van der Waals surface area contributed by atoms with E-state index in [1.165, 1.54) is 5.56 Å². The zero-order valence-corrected chi connectivity index (χ0v) is 11.8. The lowest BCUT2D eigenvalue weighted by Gasteiger charge is -2.12. The molecule has 1 aromatic carbocycles. The number of aromatic nitrogens is 2. The molecule has 2 heterocycles.